The fourth-order valence-corrected chi connectivity index (χ4v) is 5.00. The second kappa shape index (κ2) is 6.49. The standard InChI is InChI=1S/C20H19FN2O3S/c1-22-13-19(27(25,26)14-7-3-2-4-8-14)20(24)15-11-16(21)18(12-17(15)22)23-9-5-6-10-23/h2-4,7-8,11-13H,5-6,9-10H2,1H3. The summed E-state index contributed by atoms with van der Waals surface area (Å²) < 4.78 is 42.1. The molecule has 140 valence electrons. The number of pyridine rings is 1. The summed E-state index contributed by atoms with van der Waals surface area (Å²) in [5, 5.41) is 0.0648. The molecule has 1 aromatic heterocycles. The maximum absolute atomic E-state index is 14.7. The van der Waals surface area contributed by atoms with Gasteiger partial charge in [0.25, 0.3) is 0 Å². The average Bonchev–Trinajstić information content (AvgIpc) is 3.19. The summed E-state index contributed by atoms with van der Waals surface area (Å²) in [7, 11) is -2.32. The predicted molar refractivity (Wildman–Crippen MR) is 102 cm³/mol. The first kappa shape index (κ1) is 17.7. The van der Waals surface area contributed by atoms with E-state index in [1.165, 1.54) is 18.3 Å². The van der Waals surface area contributed by atoms with E-state index >= 15 is 0 Å². The van der Waals surface area contributed by atoms with Gasteiger partial charge in [0.15, 0.2) is 0 Å². The summed E-state index contributed by atoms with van der Waals surface area (Å²) >= 11 is 0. The first-order chi connectivity index (χ1) is 12.9. The smallest absolute Gasteiger partial charge is 0.211 e. The Hall–Kier alpha value is -2.67. The lowest BCUT2D eigenvalue weighted by atomic mass is 10.1. The van der Waals surface area contributed by atoms with Gasteiger partial charge in [-0.2, -0.15) is 0 Å². The number of aromatic nitrogens is 1. The number of hydrogen-bond acceptors (Lipinski definition) is 4. The molecule has 3 aromatic rings. The van der Waals surface area contributed by atoms with Crippen LogP contribution in [0, 0.1) is 5.82 Å². The zero-order valence-corrected chi connectivity index (χ0v) is 15.7. The van der Waals surface area contributed by atoms with E-state index in [9.17, 15) is 17.6 Å². The van der Waals surface area contributed by atoms with Crippen molar-refractivity contribution in [3.63, 3.8) is 0 Å². The van der Waals surface area contributed by atoms with Gasteiger partial charge in [0.1, 0.15) is 10.7 Å². The zero-order chi connectivity index (χ0) is 19.2. The summed E-state index contributed by atoms with van der Waals surface area (Å²) in [6.07, 6.45) is 3.33. The van der Waals surface area contributed by atoms with Crippen molar-refractivity contribution in [2.24, 2.45) is 7.05 Å². The molecular weight excluding hydrogens is 367 g/mol. The molecular formula is C20H19FN2O3S. The summed E-state index contributed by atoms with van der Waals surface area (Å²) in [5.74, 6) is -0.504. The molecule has 1 aliphatic heterocycles. The Labute approximate surface area is 156 Å². The van der Waals surface area contributed by atoms with Gasteiger partial charge in [0, 0.05) is 26.3 Å². The van der Waals surface area contributed by atoms with Crippen LogP contribution in [-0.4, -0.2) is 26.1 Å². The average molecular weight is 386 g/mol. The topological polar surface area (TPSA) is 59.4 Å². The summed E-state index contributed by atoms with van der Waals surface area (Å²) in [4.78, 5) is 14.6. The highest BCUT2D eigenvalue weighted by molar-refractivity contribution is 7.91. The van der Waals surface area contributed by atoms with Crippen LogP contribution in [0.3, 0.4) is 0 Å². The molecule has 4 rings (SSSR count). The van der Waals surface area contributed by atoms with Crippen LogP contribution in [0.15, 0.2) is 63.2 Å². The van der Waals surface area contributed by atoms with Gasteiger partial charge >= 0.3 is 0 Å². The van der Waals surface area contributed by atoms with Crippen molar-refractivity contribution < 1.29 is 12.8 Å². The molecule has 0 unspecified atom stereocenters. The highest BCUT2D eigenvalue weighted by atomic mass is 32.2. The van der Waals surface area contributed by atoms with Crippen LogP contribution < -0.4 is 10.3 Å². The van der Waals surface area contributed by atoms with Gasteiger partial charge in [-0.1, -0.05) is 18.2 Å². The second-order valence-corrected chi connectivity index (χ2v) is 8.68. The number of rotatable bonds is 3. The van der Waals surface area contributed by atoms with Gasteiger partial charge in [-0.3, -0.25) is 4.79 Å². The van der Waals surface area contributed by atoms with Crippen molar-refractivity contribution in [2.75, 3.05) is 18.0 Å². The number of sulfone groups is 1. The maximum atomic E-state index is 14.7. The Bertz CT molecular complexity index is 1180. The van der Waals surface area contributed by atoms with Gasteiger partial charge in [-0.05, 0) is 37.1 Å². The molecule has 7 heteroatoms. The van der Waals surface area contributed by atoms with Crippen LogP contribution in [0.4, 0.5) is 10.1 Å². The molecule has 0 N–H and O–H groups in total. The Morgan fingerprint density at radius 2 is 1.70 bits per heavy atom. The number of fused-ring (bicyclic) bond motifs is 1. The molecule has 27 heavy (non-hydrogen) atoms. The minimum Gasteiger partial charge on any atom is -0.369 e. The first-order valence-electron chi connectivity index (χ1n) is 8.77. The normalized spacial score (nSPS) is 14.8. The van der Waals surface area contributed by atoms with E-state index in [0.717, 1.165) is 32.0 Å². The fraction of sp³-hybridized carbons (Fsp3) is 0.250. The summed E-state index contributed by atoms with van der Waals surface area (Å²) in [6, 6.07) is 10.6. The van der Waals surface area contributed by atoms with E-state index in [1.54, 1.807) is 35.9 Å². The molecule has 1 aliphatic rings. The Morgan fingerprint density at radius 1 is 1.04 bits per heavy atom. The van der Waals surface area contributed by atoms with Gasteiger partial charge in [0.05, 0.1) is 21.5 Å². The van der Waals surface area contributed by atoms with Crippen molar-refractivity contribution >= 4 is 26.4 Å². The van der Waals surface area contributed by atoms with Gasteiger partial charge in [0.2, 0.25) is 15.3 Å². The number of nitrogens with zero attached hydrogens (tertiary/aromatic N) is 2. The van der Waals surface area contributed by atoms with Crippen LogP contribution >= 0.6 is 0 Å². The number of hydrogen-bond donors (Lipinski definition) is 0. The van der Waals surface area contributed by atoms with E-state index in [1.807, 2.05) is 4.90 Å². The number of halogens is 1. The van der Waals surface area contributed by atoms with Crippen molar-refractivity contribution in [3.8, 4) is 0 Å². The third kappa shape index (κ3) is 2.92. The third-order valence-corrected chi connectivity index (χ3v) is 6.78. The molecule has 2 aromatic carbocycles. The minimum atomic E-state index is -3.99. The molecule has 0 amide bonds. The molecule has 0 radical (unpaired) electrons. The summed E-state index contributed by atoms with van der Waals surface area (Å²) in [6.45, 7) is 1.55. The van der Waals surface area contributed by atoms with Crippen LogP contribution in [0.1, 0.15) is 12.8 Å². The van der Waals surface area contributed by atoms with Crippen LogP contribution in [0.2, 0.25) is 0 Å². The molecule has 2 heterocycles. The lowest BCUT2D eigenvalue weighted by molar-refractivity contribution is 0.594. The lowest BCUT2D eigenvalue weighted by Crippen LogP contribution is -2.21. The van der Waals surface area contributed by atoms with Crippen molar-refractivity contribution in [3.05, 3.63) is 64.7 Å². The third-order valence-electron chi connectivity index (χ3n) is 5.01. The van der Waals surface area contributed by atoms with Crippen LogP contribution in [0.5, 0.6) is 0 Å². The second-order valence-electron chi connectivity index (χ2n) is 6.76. The van der Waals surface area contributed by atoms with Crippen molar-refractivity contribution in [2.45, 2.75) is 22.6 Å². The lowest BCUT2D eigenvalue weighted by Gasteiger charge is -2.20. The van der Waals surface area contributed by atoms with E-state index in [-0.39, 0.29) is 15.2 Å². The monoisotopic (exact) mass is 386 g/mol. The largest absolute Gasteiger partial charge is 0.369 e. The zero-order valence-electron chi connectivity index (χ0n) is 14.9. The Kier molecular flexibility index (Phi) is 4.26. The Balaban J connectivity index is 1.94. The molecule has 0 saturated carbocycles. The first-order valence-corrected chi connectivity index (χ1v) is 10.3. The molecule has 1 saturated heterocycles. The molecule has 0 bridgehead atoms. The van der Waals surface area contributed by atoms with Gasteiger partial charge in [-0.15, -0.1) is 0 Å². The van der Waals surface area contributed by atoms with E-state index < -0.39 is 21.1 Å². The molecule has 1 fully saturated rings. The predicted octanol–water partition coefficient (Wildman–Crippen LogP) is 3.11. The quantitative estimate of drug-likeness (QED) is 0.694. The highest BCUT2D eigenvalue weighted by Gasteiger charge is 2.25. The van der Waals surface area contributed by atoms with Gasteiger partial charge < -0.3 is 9.47 Å². The van der Waals surface area contributed by atoms with Crippen molar-refractivity contribution in [1.29, 1.82) is 0 Å². The molecule has 0 aliphatic carbocycles. The minimum absolute atomic E-state index is 0.0376. The maximum Gasteiger partial charge on any atom is 0.211 e. The van der Waals surface area contributed by atoms with E-state index in [4.69, 9.17) is 0 Å². The summed E-state index contributed by atoms with van der Waals surface area (Å²) in [5.41, 5.74) is 0.280. The van der Waals surface area contributed by atoms with E-state index in [0.29, 0.717) is 11.2 Å². The highest BCUT2D eigenvalue weighted by Crippen LogP contribution is 2.28. The van der Waals surface area contributed by atoms with Crippen molar-refractivity contribution in [1.82, 2.24) is 4.57 Å². The molecule has 0 spiro atoms. The molecule has 0 atom stereocenters. The fourth-order valence-electron chi connectivity index (χ4n) is 3.58. The van der Waals surface area contributed by atoms with E-state index in [2.05, 4.69) is 0 Å². The number of anilines is 1. The number of aryl methyl sites for hydroxylation is 1. The molecule has 5 nitrogen and oxygen atoms in total. The van der Waals surface area contributed by atoms with Crippen LogP contribution in [0.25, 0.3) is 10.9 Å². The SMILES string of the molecule is Cn1cc(S(=O)(=O)c2ccccc2)c(=O)c2cc(F)c(N3CCCC3)cc21. The number of benzene rings is 2. The van der Waals surface area contributed by atoms with Crippen LogP contribution in [-0.2, 0) is 16.9 Å². The van der Waals surface area contributed by atoms with Gasteiger partial charge in [-0.25, -0.2) is 12.8 Å². The Morgan fingerprint density at radius 3 is 2.37 bits per heavy atom.